The largest absolute Gasteiger partial charge is 0.378 e. The Hall–Kier alpha value is -1.21. The zero-order chi connectivity index (χ0) is 16.1. The van der Waals surface area contributed by atoms with Gasteiger partial charge in [-0.2, -0.15) is 0 Å². The molecule has 0 spiro atoms. The minimum atomic E-state index is -0.153. The summed E-state index contributed by atoms with van der Waals surface area (Å²) in [6.07, 6.45) is 0.214. The second-order valence-corrected chi connectivity index (χ2v) is 6.27. The van der Waals surface area contributed by atoms with Gasteiger partial charge in [-0.3, -0.25) is 0 Å². The van der Waals surface area contributed by atoms with Crippen molar-refractivity contribution in [2.45, 2.75) is 12.6 Å². The van der Waals surface area contributed by atoms with Crippen molar-refractivity contribution in [3.63, 3.8) is 0 Å². The minimum Gasteiger partial charge on any atom is -0.378 e. The summed E-state index contributed by atoms with van der Waals surface area (Å²) in [5, 5.41) is 3.37. The van der Waals surface area contributed by atoms with Crippen LogP contribution in [-0.2, 0) is 16.0 Å². The highest BCUT2D eigenvalue weighted by Crippen LogP contribution is 2.21. The topological polar surface area (TPSA) is 37.0 Å². The van der Waals surface area contributed by atoms with E-state index in [-0.39, 0.29) is 11.9 Å². The Kier molecular flexibility index (Phi) is 5.83. The van der Waals surface area contributed by atoms with Gasteiger partial charge in [-0.15, -0.1) is 0 Å². The molecule has 2 saturated heterocycles. The van der Waals surface area contributed by atoms with Crippen molar-refractivity contribution in [1.82, 2.24) is 10.2 Å². The predicted octanol–water partition coefficient (Wildman–Crippen LogP) is 1.08. The predicted molar refractivity (Wildman–Crippen MR) is 88.4 cm³/mol. The quantitative estimate of drug-likeness (QED) is 0.878. The molecule has 0 amide bonds. The molecule has 2 fully saturated rings. The summed E-state index contributed by atoms with van der Waals surface area (Å²) in [6, 6.07) is 5.50. The summed E-state index contributed by atoms with van der Waals surface area (Å²) < 4.78 is 25.4. The van der Waals surface area contributed by atoms with Gasteiger partial charge in [0.15, 0.2) is 0 Å². The maximum absolute atomic E-state index is 14.3. The Morgan fingerprint density at radius 1 is 1.22 bits per heavy atom. The lowest BCUT2D eigenvalue weighted by molar-refractivity contribution is -0.0182. The number of hydrogen-bond acceptors (Lipinski definition) is 5. The summed E-state index contributed by atoms with van der Waals surface area (Å²) in [4.78, 5) is 4.31. The van der Waals surface area contributed by atoms with E-state index in [1.807, 2.05) is 17.0 Å². The molecule has 5 nitrogen and oxygen atoms in total. The van der Waals surface area contributed by atoms with Crippen LogP contribution in [0.4, 0.5) is 10.1 Å². The highest BCUT2D eigenvalue weighted by Gasteiger charge is 2.18. The molecule has 0 saturated carbocycles. The molecule has 1 atom stereocenters. The van der Waals surface area contributed by atoms with Gasteiger partial charge in [0, 0.05) is 39.3 Å². The Morgan fingerprint density at radius 2 is 2.04 bits per heavy atom. The van der Waals surface area contributed by atoms with Crippen LogP contribution in [0.5, 0.6) is 0 Å². The van der Waals surface area contributed by atoms with Crippen LogP contribution in [0.1, 0.15) is 5.56 Å². The van der Waals surface area contributed by atoms with Gasteiger partial charge in [-0.25, -0.2) is 4.39 Å². The molecule has 1 N–H and O–H groups in total. The molecular formula is C17H26FN3O2. The van der Waals surface area contributed by atoms with Crippen LogP contribution >= 0.6 is 0 Å². The fourth-order valence-electron chi connectivity index (χ4n) is 3.09. The highest BCUT2D eigenvalue weighted by atomic mass is 19.1. The second kappa shape index (κ2) is 8.06. The smallest absolute Gasteiger partial charge is 0.146 e. The number of morpholine rings is 2. The summed E-state index contributed by atoms with van der Waals surface area (Å²) in [5.41, 5.74) is 1.64. The van der Waals surface area contributed by atoms with E-state index >= 15 is 0 Å². The molecule has 0 aliphatic carbocycles. The first kappa shape index (κ1) is 16.6. The van der Waals surface area contributed by atoms with E-state index in [1.165, 1.54) is 0 Å². The monoisotopic (exact) mass is 323 g/mol. The minimum absolute atomic E-state index is 0.153. The molecule has 23 heavy (non-hydrogen) atoms. The van der Waals surface area contributed by atoms with Crippen molar-refractivity contribution >= 4 is 5.69 Å². The van der Waals surface area contributed by atoms with E-state index in [0.29, 0.717) is 25.4 Å². The summed E-state index contributed by atoms with van der Waals surface area (Å²) in [7, 11) is 2.11. The van der Waals surface area contributed by atoms with Gasteiger partial charge in [-0.1, -0.05) is 6.07 Å². The van der Waals surface area contributed by atoms with Crippen molar-refractivity contribution in [3.05, 3.63) is 29.6 Å². The van der Waals surface area contributed by atoms with Gasteiger partial charge >= 0.3 is 0 Å². The second-order valence-electron chi connectivity index (χ2n) is 6.27. The number of anilines is 1. The molecule has 0 radical (unpaired) electrons. The van der Waals surface area contributed by atoms with Crippen LogP contribution < -0.4 is 10.2 Å². The van der Waals surface area contributed by atoms with Crippen LogP contribution in [0.2, 0.25) is 0 Å². The van der Waals surface area contributed by atoms with E-state index in [0.717, 1.165) is 44.9 Å². The van der Waals surface area contributed by atoms with Crippen molar-refractivity contribution in [3.8, 4) is 0 Å². The Bertz CT molecular complexity index is 509. The van der Waals surface area contributed by atoms with Gasteiger partial charge in [0.25, 0.3) is 0 Å². The average molecular weight is 323 g/mol. The third kappa shape index (κ3) is 4.64. The molecule has 1 aromatic carbocycles. The van der Waals surface area contributed by atoms with E-state index in [2.05, 4.69) is 17.3 Å². The Labute approximate surface area is 137 Å². The number of nitrogens with one attached hydrogen (secondary N) is 1. The number of hydrogen-bond donors (Lipinski definition) is 1. The fourth-order valence-corrected chi connectivity index (χ4v) is 3.09. The van der Waals surface area contributed by atoms with E-state index < -0.39 is 0 Å². The van der Waals surface area contributed by atoms with E-state index in [1.54, 1.807) is 6.07 Å². The lowest BCUT2D eigenvalue weighted by Gasteiger charge is -2.30. The number of benzene rings is 1. The first-order chi connectivity index (χ1) is 11.2. The summed E-state index contributed by atoms with van der Waals surface area (Å²) in [5.74, 6) is -0.153. The number of nitrogens with zero attached hydrogens (tertiary/aromatic N) is 2. The molecule has 2 aliphatic rings. The van der Waals surface area contributed by atoms with Crippen LogP contribution in [0, 0.1) is 5.82 Å². The maximum Gasteiger partial charge on any atom is 0.146 e. The lowest BCUT2D eigenvalue weighted by atomic mass is 10.1. The molecule has 0 aromatic heterocycles. The van der Waals surface area contributed by atoms with Crippen molar-refractivity contribution < 1.29 is 13.9 Å². The molecule has 2 aliphatic heterocycles. The molecule has 3 rings (SSSR count). The lowest BCUT2D eigenvalue weighted by Crippen LogP contribution is -2.44. The van der Waals surface area contributed by atoms with Crippen LogP contribution in [0.25, 0.3) is 0 Å². The Balaban J connectivity index is 1.49. The molecule has 2 heterocycles. The summed E-state index contributed by atoms with van der Waals surface area (Å²) >= 11 is 0. The van der Waals surface area contributed by atoms with Crippen molar-refractivity contribution in [2.24, 2.45) is 0 Å². The van der Waals surface area contributed by atoms with Gasteiger partial charge in [0.1, 0.15) is 5.82 Å². The Morgan fingerprint density at radius 3 is 2.78 bits per heavy atom. The van der Waals surface area contributed by atoms with Crippen LogP contribution in [0.3, 0.4) is 0 Å². The molecule has 128 valence electrons. The zero-order valence-electron chi connectivity index (χ0n) is 13.8. The standard InChI is InChI=1S/C17H26FN3O2/c1-20-4-9-23-15(13-20)12-19-11-14-2-3-17(16(18)10-14)21-5-7-22-8-6-21/h2-3,10,15,19H,4-9,11-13H2,1H3. The van der Waals surface area contributed by atoms with Gasteiger partial charge in [0.05, 0.1) is 31.6 Å². The molecular weight excluding hydrogens is 297 g/mol. The third-order valence-electron chi connectivity index (χ3n) is 4.41. The number of likely N-dealkylation sites (N-methyl/N-ethyl adjacent to an activating group) is 1. The van der Waals surface area contributed by atoms with Crippen LogP contribution in [-0.4, -0.2) is 70.6 Å². The van der Waals surface area contributed by atoms with E-state index in [9.17, 15) is 4.39 Å². The third-order valence-corrected chi connectivity index (χ3v) is 4.41. The zero-order valence-corrected chi connectivity index (χ0v) is 13.8. The molecule has 0 bridgehead atoms. The molecule has 1 aromatic rings. The fraction of sp³-hybridized carbons (Fsp3) is 0.647. The first-order valence-corrected chi connectivity index (χ1v) is 8.34. The number of rotatable bonds is 5. The number of ether oxygens (including phenoxy) is 2. The van der Waals surface area contributed by atoms with Crippen LogP contribution in [0.15, 0.2) is 18.2 Å². The average Bonchev–Trinajstić information content (AvgIpc) is 2.56. The van der Waals surface area contributed by atoms with Gasteiger partial charge in [0.2, 0.25) is 0 Å². The van der Waals surface area contributed by atoms with Gasteiger partial charge < -0.3 is 24.6 Å². The van der Waals surface area contributed by atoms with E-state index in [4.69, 9.17) is 9.47 Å². The molecule has 1 unspecified atom stereocenters. The maximum atomic E-state index is 14.3. The van der Waals surface area contributed by atoms with Crippen molar-refractivity contribution in [2.75, 3.05) is 64.5 Å². The first-order valence-electron chi connectivity index (χ1n) is 8.34. The summed E-state index contributed by atoms with van der Waals surface area (Å²) in [6.45, 7) is 6.99. The SMILES string of the molecule is CN1CCOC(CNCc2ccc(N3CCOCC3)c(F)c2)C1. The van der Waals surface area contributed by atoms with Crippen molar-refractivity contribution in [1.29, 1.82) is 0 Å². The highest BCUT2D eigenvalue weighted by molar-refractivity contribution is 5.49. The normalized spacial score (nSPS) is 23.2. The van der Waals surface area contributed by atoms with Gasteiger partial charge in [-0.05, 0) is 24.7 Å². The number of halogens is 1. The molecule has 6 heteroatoms.